The van der Waals surface area contributed by atoms with Gasteiger partial charge in [0.25, 0.3) is 0 Å². The van der Waals surface area contributed by atoms with Gasteiger partial charge in [0.2, 0.25) is 5.78 Å². The number of hydrogen-bond donors (Lipinski definition) is 0. The molecule has 0 radical (unpaired) electrons. The van der Waals surface area contributed by atoms with E-state index < -0.39 is 5.97 Å². The Hall–Kier alpha value is -2.95. The van der Waals surface area contributed by atoms with E-state index in [0.717, 1.165) is 16.7 Å². The Morgan fingerprint density at radius 2 is 1.46 bits per heavy atom. The monoisotopic (exact) mass is 354 g/mol. The predicted molar refractivity (Wildman–Crippen MR) is 97.9 cm³/mol. The van der Waals surface area contributed by atoms with Crippen LogP contribution in [0.15, 0.2) is 36.4 Å². The zero-order chi connectivity index (χ0) is 19.3. The number of hydrogen-bond acceptors (Lipinski definition) is 5. The van der Waals surface area contributed by atoms with E-state index in [1.807, 2.05) is 32.9 Å². The number of carbonyl (C=O) groups is 3. The topological polar surface area (TPSA) is 69.7 Å². The molecular formula is C21H22O5. The van der Waals surface area contributed by atoms with Crippen LogP contribution in [-0.2, 0) is 9.53 Å². The van der Waals surface area contributed by atoms with Crippen molar-refractivity contribution in [1.82, 2.24) is 0 Å². The van der Waals surface area contributed by atoms with E-state index in [-0.39, 0.29) is 24.8 Å². The Bertz CT molecular complexity index is 834. The van der Waals surface area contributed by atoms with E-state index in [2.05, 4.69) is 0 Å². The fraction of sp³-hybridized carbons (Fsp3) is 0.286. The molecule has 0 aliphatic carbocycles. The Kier molecular flexibility index (Phi) is 6.28. The van der Waals surface area contributed by atoms with Crippen LogP contribution in [0.3, 0.4) is 0 Å². The maximum atomic E-state index is 12.3. The molecule has 26 heavy (non-hydrogen) atoms. The average molecular weight is 354 g/mol. The summed E-state index contributed by atoms with van der Waals surface area (Å²) in [6.07, 6.45) is 0. The minimum atomic E-state index is -0.629. The molecule has 0 amide bonds. The lowest BCUT2D eigenvalue weighted by atomic mass is 9.98. The minimum absolute atomic E-state index is 0.0453. The summed E-state index contributed by atoms with van der Waals surface area (Å²) in [6.45, 7) is 6.61. The Balaban J connectivity index is 1.85. The van der Waals surface area contributed by atoms with Gasteiger partial charge >= 0.3 is 5.97 Å². The Morgan fingerprint density at radius 3 is 2.08 bits per heavy atom. The van der Waals surface area contributed by atoms with E-state index in [1.54, 1.807) is 24.3 Å². The summed E-state index contributed by atoms with van der Waals surface area (Å²) in [5.74, 6) is -0.473. The molecule has 0 aromatic heterocycles. The van der Waals surface area contributed by atoms with Crippen LogP contribution in [0.25, 0.3) is 0 Å². The third-order valence-electron chi connectivity index (χ3n) is 4.12. The summed E-state index contributed by atoms with van der Waals surface area (Å²) >= 11 is 0. The highest BCUT2D eigenvalue weighted by molar-refractivity contribution is 5.99. The molecule has 0 N–H and O–H groups in total. The fourth-order valence-electron chi connectivity index (χ4n) is 2.45. The first-order valence-electron chi connectivity index (χ1n) is 8.28. The van der Waals surface area contributed by atoms with Crippen molar-refractivity contribution in [2.45, 2.75) is 27.7 Å². The van der Waals surface area contributed by atoms with Crippen molar-refractivity contribution in [3.05, 3.63) is 64.2 Å². The van der Waals surface area contributed by atoms with Gasteiger partial charge in [-0.25, -0.2) is 4.79 Å². The maximum Gasteiger partial charge on any atom is 0.344 e. The summed E-state index contributed by atoms with van der Waals surface area (Å²) in [5.41, 5.74) is 4.11. The number of rotatable bonds is 7. The molecule has 5 nitrogen and oxygen atoms in total. The van der Waals surface area contributed by atoms with Gasteiger partial charge in [0.1, 0.15) is 5.75 Å². The molecule has 0 aliphatic rings. The quantitative estimate of drug-likeness (QED) is 0.561. The number of esters is 1. The molecule has 2 rings (SSSR count). The normalized spacial score (nSPS) is 10.3. The Labute approximate surface area is 152 Å². The van der Waals surface area contributed by atoms with Crippen molar-refractivity contribution in [3.8, 4) is 5.75 Å². The minimum Gasteiger partial charge on any atom is -0.482 e. The van der Waals surface area contributed by atoms with Crippen molar-refractivity contribution in [1.29, 1.82) is 0 Å². The second-order valence-corrected chi connectivity index (χ2v) is 6.20. The molecule has 0 unspecified atom stereocenters. The molecule has 0 atom stereocenters. The number of aryl methyl sites for hydroxylation is 3. The molecule has 2 aromatic carbocycles. The number of ketones is 2. The average Bonchev–Trinajstić information content (AvgIpc) is 2.61. The summed E-state index contributed by atoms with van der Waals surface area (Å²) in [5, 5.41) is 0. The van der Waals surface area contributed by atoms with Gasteiger partial charge in [-0.15, -0.1) is 0 Å². The number of ether oxygens (including phenoxy) is 2. The van der Waals surface area contributed by atoms with Crippen molar-refractivity contribution in [3.63, 3.8) is 0 Å². The smallest absolute Gasteiger partial charge is 0.344 e. The standard InChI is InChI=1S/C21H22O5/c1-13-9-15(3)19(10-14(13)2)20(23)11-26-21(24)12-25-18-7-5-17(6-8-18)16(4)22/h5-10H,11-12H2,1-4H3. The van der Waals surface area contributed by atoms with Crippen molar-refractivity contribution in [2.24, 2.45) is 0 Å². The molecule has 0 aliphatic heterocycles. The molecule has 0 saturated heterocycles. The van der Waals surface area contributed by atoms with Crippen LogP contribution >= 0.6 is 0 Å². The largest absolute Gasteiger partial charge is 0.482 e. The van der Waals surface area contributed by atoms with Gasteiger partial charge in [-0.05, 0) is 74.7 Å². The van der Waals surface area contributed by atoms with Gasteiger partial charge in [0.05, 0.1) is 0 Å². The van der Waals surface area contributed by atoms with Crippen LogP contribution in [0, 0.1) is 20.8 Å². The third kappa shape index (κ3) is 5.02. The molecular weight excluding hydrogens is 332 g/mol. The van der Waals surface area contributed by atoms with E-state index in [0.29, 0.717) is 16.9 Å². The molecule has 0 heterocycles. The molecule has 5 heteroatoms. The second-order valence-electron chi connectivity index (χ2n) is 6.20. The lowest BCUT2D eigenvalue weighted by Gasteiger charge is -2.10. The van der Waals surface area contributed by atoms with Crippen LogP contribution in [0.5, 0.6) is 5.75 Å². The highest BCUT2D eigenvalue weighted by Gasteiger charge is 2.14. The van der Waals surface area contributed by atoms with Crippen molar-refractivity contribution >= 4 is 17.5 Å². The summed E-state index contributed by atoms with van der Waals surface area (Å²) < 4.78 is 10.3. The van der Waals surface area contributed by atoms with Crippen molar-refractivity contribution in [2.75, 3.05) is 13.2 Å². The molecule has 0 fully saturated rings. The van der Waals surface area contributed by atoms with E-state index in [4.69, 9.17) is 9.47 Å². The first-order valence-corrected chi connectivity index (χ1v) is 8.28. The lowest BCUT2D eigenvalue weighted by Crippen LogP contribution is -2.20. The first kappa shape index (κ1) is 19.4. The van der Waals surface area contributed by atoms with Crippen LogP contribution < -0.4 is 4.74 Å². The van der Waals surface area contributed by atoms with Crippen LogP contribution in [0.2, 0.25) is 0 Å². The molecule has 0 bridgehead atoms. The SMILES string of the molecule is CC(=O)c1ccc(OCC(=O)OCC(=O)c2cc(C)c(C)cc2C)cc1. The maximum absolute atomic E-state index is 12.3. The summed E-state index contributed by atoms with van der Waals surface area (Å²) in [4.78, 5) is 35.2. The van der Waals surface area contributed by atoms with Gasteiger partial charge in [-0.2, -0.15) is 0 Å². The van der Waals surface area contributed by atoms with E-state index in [9.17, 15) is 14.4 Å². The van der Waals surface area contributed by atoms with Crippen LogP contribution in [0.4, 0.5) is 0 Å². The summed E-state index contributed by atoms with van der Waals surface area (Å²) in [7, 11) is 0. The van der Waals surface area contributed by atoms with E-state index in [1.165, 1.54) is 6.92 Å². The zero-order valence-corrected chi connectivity index (χ0v) is 15.4. The van der Waals surface area contributed by atoms with Gasteiger partial charge in [-0.1, -0.05) is 6.07 Å². The second kappa shape index (κ2) is 8.43. The van der Waals surface area contributed by atoms with Gasteiger partial charge in [0.15, 0.2) is 19.0 Å². The summed E-state index contributed by atoms with van der Waals surface area (Å²) in [6, 6.07) is 10.2. The lowest BCUT2D eigenvalue weighted by molar-refractivity contribution is -0.144. The van der Waals surface area contributed by atoms with Gasteiger partial charge in [-0.3, -0.25) is 9.59 Å². The molecule has 2 aromatic rings. The number of carbonyl (C=O) groups excluding carboxylic acids is 3. The number of benzene rings is 2. The zero-order valence-electron chi connectivity index (χ0n) is 15.4. The first-order chi connectivity index (χ1) is 12.3. The van der Waals surface area contributed by atoms with Crippen molar-refractivity contribution < 1.29 is 23.9 Å². The predicted octanol–water partition coefficient (Wildman–Crippen LogP) is 3.62. The third-order valence-corrected chi connectivity index (χ3v) is 4.12. The number of Topliss-reactive ketones (excluding diaryl/α,β-unsaturated/α-hetero) is 2. The Morgan fingerprint density at radius 1 is 0.846 bits per heavy atom. The highest BCUT2D eigenvalue weighted by Crippen LogP contribution is 2.16. The van der Waals surface area contributed by atoms with Gasteiger partial charge in [0, 0.05) is 11.1 Å². The highest BCUT2D eigenvalue weighted by atomic mass is 16.6. The van der Waals surface area contributed by atoms with Crippen LogP contribution in [0.1, 0.15) is 44.3 Å². The van der Waals surface area contributed by atoms with Crippen LogP contribution in [-0.4, -0.2) is 30.7 Å². The fourth-order valence-corrected chi connectivity index (χ4v) is 2.45. The molecule has 0 saturated carbocycles. The van der Waals surface area contributed by atoms with Gasteiger partial charge < -0.3 is 9.47 Å². The molecule has 136 valence electrons. The molecule has 0 spiro atoms. The van der Waals surface area contributed by atoms with E-state index >= 15 is 0 Å².